The second kappa shape index (κ2) is 4.76. The summed E-state index contributed by atoms with van der Waals surface area (Å²) in [4.78, 5) is 5.68. The Morgan fingerprint density at radius 1 is 1.60 bits per heavy atom. The lowest BCUT2D eigenvalue weighted by atomic mass is 10.3. The van der Waals surface area contributed by atoms with E-state index in [1.54, 1.807) is 23.1 Å². The fraction of sp³-hybridized carbons (Fsp3) is 0.500. The zero-order chi connectivity index (χ0) is 10.8. The Morgan fingerprint density at radius 3 is 2.93 bits per heavy atom. The number of rotatable bonds is 2. The Bertz CT molecular complexity index is 375. The quantitative estimate of drug-likeness (QED) is 0.880. The number of thioether (sulfide) groups is 1. The van der Waals surface area contributed by atoms with Crippen LogP contribution in [-0.4, -0.2) is 17.0 Å². The molecular weight excluding hydrogens is 248 g/mol. The molecule has 1 N–H and O–H groups in total. The van der Waals surface area contributed by atoms with Gasteiger partial charge in [0.15, 0.2) is 5.17 Å². The Labute approximate surface area is 103 Å². The first-order chi connectivity index (χ1) is 7.15. The Hall–Kier alpha value is -0.190. The van der Waals surface area contributed by atoms with E-state index in [0.717, 1.165) is 16.0 Å². The van der Waals surface area contributed by atoms with E-state index in [4.69, 9.17) is 11.6 Å². The van der Waals surface area contributed by atoms with Gasteiger partial charge in [0.25, 0.3) is 0 Å². The maximum Gasteiger partial charge on any atom is 0.157 e. The van der Waals surface area contributed by atoms with E-state index in [9.17, 15) is 0 Å². The molecular formula is C10H13ClN2S2. The van der Waals surface area contributed by atoms with Crippen molar-refractivity contribution < 1.29 is 0 Å². The van der Waals surface area contributed by atoms with E-state index < -0.39 is 0 Å². The van der Waals surface area contributed by atoms with Crippen LogP contribution in [0.15, 0.2) is 17.1 Å². The average molecular weight is 261 g/mol. The lowest BCUT2D eigenvalue weighted by Gasteiger charge is -2.12. The van der Waals surface area contributed by atoms with Crippen molar-refractivity contribution in [2.45, 2.75) is 25.1 Å². The second-order valence-electron chi connectivity index (χ2n) is 3.58. The minimum absolute atomic E-state index is 0.291. The third-order valence-electron chi connectivity index (χ3n) is 2.17. The van der Waals surface area contributed by atoms with Crippen LogP contribution in [0, 0.1) is 0 Å². The fourth-order valence-electron chi connectivity index (χ4n) is 1.37. The molecule has 2 heterocycles. The van der Waals surface area contributed by atoms with Gasteiger partial charge in [-0.3, -0.25) is 4.99 Å². The van der Waals surface area contributed by atoms with Crippen molar-refractivity contribution in [1.29, 1.82) is 0 Å². The van der Waals surface area contributed by atoms with Gasteiger partial charge in [-0.2, -0.15) is 0 Å². The molecule has 0 fully saturated rings. The second-order valence-corrected chi connectivity index (χ2v) is 6.76. The molecule has 82 valence electrons. The lowest BCUT2D eigenvalue weighted by Crippen LogP contribution is -2.22. The lowest BCUT2D eigenvalue weighted by molar-refractivity contribution is 0.737. The van der Waals surface area contributed by atoms with Gasteiger partial charge in [0.2, 0.25) is 0 Å². The predicted molar refractivity (Wildman–Crippen MR) is 70.2 cm³/mol. The minimum Gasteiger partial charge on any atom is -0.358 e. The van der Waals surface area contributed by atoms with Crippen molar-refractivity contribution in [2.24, 2.45) is 4.99 Å². The maximum absolute atomic E-state index is 5.90. The molecule has 0 spiro atoms. The molecule has 5 heteroatoms. The Morgan fingerprint density at radius 2 is 2.40 bits per heavy atom. The molecule has 2 nitrogen and oxygen atoms in total. The fourth-order valence-corrected chi connectivity index (χ4v) is 3.36. The molecule has 0 amide bonds. The molecule has 1 aromatic heterocycles. The molecule has 1 aliphatic heterocycles. The molecule has 1 aromatic rings. The van der Waals surface area contributed by atoms with E-state index in [-0.39, 0.29) is 0 Å². The zero-order valence-corrected chi connectivity index (χ0v) is 11.0. The summed E-state index contributed by atoms with van der Waals surface area (Å²) in [5.74, 6) is 0. The number of thiophene rings is 1. The molecule has 0 saturated carbocycles. The standard InChI is InChI=1S/C10H13ClN2S2/c1-6-5-12-10(14-6)13-7(2)8-3-4-9(11)15-8/h3-4,6-7H,5H2,1-2H3,(H,12,13). The van der Waals surface area contributed by atoms with Gasteiger partial charge in [-0.05, 0) is 19.1 Å². The Kier molecular flexibility index (Phi) is 3.59. The highest BCUT2D eigenvalue weighted by Gasteiger charge is 2.17. The summed E-state index contributed by atoms with van der Waals surface area (Å²) in [6.07, 6.45) is 0. The van der Waals surface area contributed by atoms with Gasteiger partial charge < -0.3 is 5.32 Å². The topological polar surface area (TPSA) is 24.4 Å². The molecule has 0 saturated heterocycles. The first-order valence-corrected chi connectivity index (χ1v) is 6.95. The summed E-state index contributed by atoms with van der Waals surface area (Å²) in [5.41, 5.74) is 0. The van der Waals surface area contributed by atoms with Crippen LogP contribution in [-0.2, 0) is 0 Å². The highest BCUT2D eigenvalue weighted by molar-refractivity contribution is 8.14. The first-order valence-electron chi connectivity index (χ1n) is 4.88. The molecule has 0 bridgehead atoms. The summed E-state index contributed by atoms with van der Waals surface area (Å²) < 4.78 is 0.841. The van der Waals surface area contributed by atoms with Gasteiger partial charge in [0.05, 0.1) is 16.9 Å². The molecule has 2 atom stereocenters. The van der Waals surface area contributed by atoms with E-state index >= 15 is 0 Å². The minimum atomic E-state index is 0.291. The third-order valence-corrected chi connectivity index (χ3v) is 4.60. The highest BCUT2D eigenvalue weighted by atomic mass is 35.5. The van der Waals surface area contributed by atoms with Gasteiger partial charge in [-0.25, -0.2) is 0 Å². The highest BCUT2D eigenvalue weighted by Crippen LogP contribution is 2.28. The van der Waals surface area contributed by atoms with Gasteiger partial charge >= 0.3 is 0 Å². The zero-order valence-electron chi connectivity index (χ0n) is 8.66. The van der Waals surface area contributed by atoms with Crippen molar-refractivity contribution in [1.82, 2.24) is 5.32 Å². The monoisotopic (exact) mass is 260 g/mol. The summed E-state index contributed by atoms with van der Waals surface area (Å²) in [6, 6.07) is 4.29. The van der Waals surface area contributed by atoms with Crippen molar-refractivity contribution in [3.8, 4) is 0 Å². The summed E-state index contributed by atoms with van der Waals surface area (Å²) in [7, 11) is 0. The van der Waals surface area contributed by atoms with Crippen molar-refractivity contribution in [3.63, 3.8) is 0 Å². The van der Waals surface area contributed by atoms with E-state index in [0.29, 0.717) is 11.3 Å². The number of amidine groups is 1. The number of nitrogens with one attached hydrogen (secondary N) is 1. The summed E-state index contributed by atoms with van der Waals surface area (Å²) >= 11 is 9.32. The number of nitrogens with zero attached hydrogens (tertiary/aromatic N) is 1. The maximum atomic E-state index is 5.90. The van der Waals surface area contributed by atoms with E-state index in [1.807, 2.05) is 6.07 Å². The van der Waals surface area contributed by atoms with Crippen molar-refractivity contribution in [2.75, 3.05) is 6.54 Å². The molecule has 2 unspecified atom stereocenters. The van der Waals surface area contributed by atoms with Crippen molar-refractivity contribution >= 4 is 39.9 Å². The molecule has 0 aromatic carbocycles. The number of halogens is 1. The molecule has 15 heavy (non-hydrogen) atoms. The smallest absolute Gasteiger partial charge is 0.157 e. The van der Waals surface area contributed by atoms with Crippen LogP contribution in [0.25, 0.3) is 0 Å². The van der Waals surface area contributed by atoms with Crippen LogP contribution in [0.1, 0.15) is 24.8 Å². The van der Waals surface area contributed by atoms with Crippen LogP contribution in [0.3, 0.4) is 0 Å². The van der Waals surface area contributed by atoms with E-state index in [2.05, 4.69) is 30.2 Å². The van der Waals surface area contributed by atoms with Crippen LogP contribution in [0.5, 0.6) is 0 Å². The summed E-state index contributed by atoms with van der Waals surface area (Å²) in [5, 5.41) is 5.06. The van der Waals surface area contributed by atoms with Gasteiger partial charge in [0.1, 0.15) is 0 Å². The molecule has 1 aliphatic rings. The van der Waals surface area contributed by atoms with Crippen LogP contribution < -0.4 is 5.32 Å². The number of hydrogen-bond donors (Lipinski definition) is 1. The largest absolute Gasteiger partial charge is 0.358 e. The number of aliphatic imine (C=N–C) groups is 1. The number of hydrogen-bond acceptors (Lipinski definition) is 4. The summed E-state index contributed by atoms with van der Waals surface area (Å²) in [6.45, 7) is 5.24. The van der Waals surface area contributed by atoms with Gasteiger partial charge in [0, 0.05) is 10.1 Å². The molecule has 0 aliphatic carbocycles. The van der Waals surface area contributed by atoms with Crippen LogP contribution >= 0.6 is 34.7 Å². The van der Waals surface area contributed by atoms with E-state index in [1.165, 1.54) is 4.88 Å². The molecule has 2 rings (SSSR count). The SMILES string of the molecule is CC1CN=C(NC(C)c2ccc(Cl)s2)S1. The molecule has 0 radical (unpaired) electrons. The van der Waals surface area contributed by atoms with Crippen LogP contribution in [0.2, 0.25) is 4.34 Å². The average Bonchev–Trinajstić information content (AvgIpc) is 2.75. The predicted octanol–water partition coefficient (Wildman–Crippen LogP) is 3.54. The third kappa shape index (κ3) is 2.89. The van der Waals surface area contributed by atoms with Crippen molar-refractivity contribution in [3.05, 3.63) is 21.3 Å². The van der Waals surface area contributed by atoms with Gasteiger partial charge in [-0.1, -0.05) is 30.3 Å². The normalized spacial score (nSPS) is 22.6. The Balaban J connectivity index is 1.95. The first kappa shape index (κ1) is 11.3. The van der Waals surface area contributed by atoms with Crippen LogP contribution in [0.4, 0.5) is 0 Å². The van der Waals surface area contributed by atoms with Gasteiger partial charge in [-0.15, -0.1) is 11.3 Å².